The molecule has 0 N–H and O–H groups in total. The van der Waals surface area contributed by atoms with Gasteiger partial charge in [0.25, 0.3) is 0 Å². The second kappa shape index (κ2) is 7.79. The molecule has 23 heavy (non-hydrogen) atoms. The van der Waals surface area contributed by atoms with Gasteiger partial charge in [-0.25, -0.2) is 0 Å². The molecule has 1 amide bonds. The first kappa shape index (κ1) is 16.3. The van der Waals surface area contributed by atoms with Gasteiger partial charge in [-0.15, -0.1) is 0 Å². The standard InChI is InChI=1S/C18H28N4O/c1-19-9-11-20(12-10-19)8-7-18(23)22-15-13-21(14-16-22)17-5-3-2-4-6-17/h2-6H,7-16H2,1H3. The largest absolute Gasteiger partial charge is 0.368 e. The molecule has 0 aromatic heterocycles. The Bertz CT molecular complexity index is 491. The number of carbonyl (C=O) groups is 1. The molecule has 0 radical (unpaired) electrons. The molecule has 1 aromatic rings. The molecule has 2 aliphatic heterocycles. The summed E-state index contributed by atoms with van der Waals surface area (Å²) in [4.78, 5) is 21.6. The molecule has 0 bridgehead atoms. The van der Waals surface area contributed by atoms with Crippen LogP contribution in [-0.4, -0.2) is 86.6 Å². The topological polar surface area (TPSA) is 30.0 Å². The maximum absolute atomic E-state index is 12.4. The molecule has 2 fully saturated rings. The fourth-order valence-corrected chi connectivity index (χ4v) is 3.34. The third-order valence-corrected chi connectivity index (χ3v) is 4.99. The molecular formula is C18H28N4O. The Morgan fingerprint density at radius 1 is 0.913 bits per heavy atom. The highest BCUT2D eigenvalue weighted by Crippen LogP contribution is 2.16. The van der Waals surface area contributed by atoms with Gasteiger partial charge < -0.3 is 19.6 Å². The van der Waals surface area contributed by atoms with Crippen LogP contribution in [0.3, 0.4) is 0 Å². The lowest BCUT2D eigenvalue weighted by Gasteiger charge is -2.37. The average molecular weight is 316 g/mol. The van der Waals surface area contributed by atoms with Crippen molar-refractivity contribution in [1.82, 2.24) is 14.7 Å². The summed E-state index contributed by atoms with van der Waals surface area (Å²) in [7, 11) is 2.16. The third kappa shape index (κ3) is 4.45. The number of benzene rings is 1. The van der Waals surface area contributed by atoms with Crippen molar-refractivity contribution in [3.63, 3.8) is 0 Å². The number of para-hydroxylation sites is 1. The Morgan fingerprint density at radius 2 is 1.57 bits per heavy atom. The summed E-state index contributed by atoms with van der Waals surface area (Å²) in [6, 6.07) is 10.5. The highest BCUT2D eigenvalue weighted by Gasteiger charge is 2.22. The van der Waals surface area contributed by atoms with E-state index >= 15 is 0 Å². The van der Waals surface area contributed by atoms with Gasteiger partial charge in [-0.3, -0.25) is 4.79 Å². The first-order valence-corrected chi connectivity index (χ1v) is 8.71. The predicted molar refractivity (Wildman–Crippen MR) is 93.8 cm³/mol. The van der Waals surface area contributed by atoms with E-state index in [1.807, 2.05) is 11.0 Å². The Kier molecular flexibility index (Phi) is 5.51. The molecular weight excluding hydrogens is 288 g/mol. The van der Waals surface area contributed by atoms with Gasteiger partial charge in [-0.05, 0) is 19.2 Å². The fourth-order valence-electron chi connectivity index (χ4n) is 3.34. The molecule has 2 saturated heterocycles. The van der Waals surface area contributed by atoms with Crippen molar-refractivity contribution < 1.29 is 4.79 Å². The third-order valence-electron chi connectivity index (χ3n) is 4.99. The van der Waals surface area contributed by atoms with E-state index < -0.39 is 0 Å². The number of nitrogens with zero attached hydrogens (tertiary/aromatic N) is 4. The number of rotatable bonds is 4. The smallest absolute Gasteiger partial charge is 0.223 e. The maximum atomic E-state index is 12.4. The van der Waals surface area contributed by atoms with Gasteiger partial charge in [0.05, 0.1) is 0 Å². The van der Waals surface area contributed by atoms with Crippen LogP contribution in [0.2, 0.25) is 0 Å². The van der Waals surface area contributed by atoms with Crippen LogP contribution in [0.25, 0.3) is 0 Å². The van der Waals surface area contributed by atoms with Crippen LogP contribution >= 0.6 is 0 Å². The zero-order valence-corrected chi connectivity index (χ0v) is 14.2. The van der Waals surface area contributed by atoms with Crippen LogP contribution in [0, 0.1) is 0 Å². The van der Waals surface area contributed by atoms with Crippen LogP contribution < -0.4 is 4.90 Å². The lowest BCUT2D eigenvalue weighted by molar-refractivity contribution is -0.131. The number of hydrogen-bond acceptors (Lipinski definition) is 4. The van der Waals surface area contributed by atoms with E-state index in [4.69, 9.17) is 0 Å². The maximum Gasteiger partial charge on any atom is 0.223 e. The zero-order chi connectivity index (χ0) is 16.1. The molecule has 126 valence electrons. The van der Waals surface area contributed by atoms with Crippen LogP contribution in [0.15, 0.2) is 30.3 Å². The highest BCUT2D eigenvalue weighted by atomic mass is 16.2. The molecule has 0 aliphatic carbocycles. The Balaban J connectivity index is 1.40. The molecule has 2 aliphatic rings. The normalized spacial score (nSPS) is 20.7. The lowest BCUT2D eigenvalue weighted by atomic mass is 10.2. The van der Waals surface area contributed by atoms with Crippen LogP contribution in [-0.2, 0) is 4.79 Å². The number of anilines is 1. The number of carbonyl (C=O) groups excluding carboxylic acids is 1. The van der Waals surface area contributed by atoms with Crippen molar-refractivity contribution in [3.8, 4) is 0 Å². The lowest BCUT2D eigenvalue weighted by Crippen LogP contribution is -2.50. The monoisotopic (exact) mass is 316 g/mol. The van der Waals surface area contributed by atoms with E-state index in [1.165, 1.54) is 5.69 Å². The molecule has 0 unspecified atom stereocenters. The van der Waals surface area contributed by atoms with Crippen molar-refractivity contribution >= 4 is 11.6 Å². The van der Waals surface area contributed by atoms with E-state index in [0.29, 0.717) is 12.3 Å². The van der Waals surface area contributed by atoms with Crippen LogP contribution in [0.5, 0.6) is 0 Å². The number of amides is 1. The van der Waals surface area contributed by atoms with Crippen molar-refractivity contribution in [1.29, 1.82) is 0 Å². The Labute approximate surface area is 139 Å². The second-order valence-electron chi connectivity index (χ2n) is 6.60. The fraction of sp³-hybridized carbons (Fsp3) is 0.611. The van der Waals surface area contributed by atoms with Gasteiger partial charge in [0.1, 0.15) is 0 Å². The molecule has 0 atom stereocenters. The van der Waals surface area contributed by atoms with E-state index in [2.05, 4.69) is 46.0 Å². The summed E-state index contributed by atoms with van der Waals surface area (Å²) in [5, 5.41) is 0. The molecule has 0 spiro atoms. The van der Waals surface area contributed by atoms with E-state index in [0.717, 1.165) is 58.9 Å². The van der Waals surface area contributed by atoms with Gasteiger partial charge in [0, 0.05) is 71.0 Å². The summed E-state index contributed by atoms with van der Waals surface area (Å²) in [6.07, 6.45) is 0.662. The highest BCUT2D eigenvalue weighted by molar-refractivity contribution is 5.76. The predicted octanol–water partition coefficient (Wildman–Crippen LogP) is 0.973. The summed E-state index contributed by atoms with van der Waals surface area (Å²) >= 11 is 0. The van der Waals surface area contributed by atoms with Gasteiger partial charge in [0.15, 0.2) is 0 Å². The van der Waals surface area contributed by atoms with E-state index in [9.17, 15) is 4.79 Å². The first-order chi connectivity index (χ1) is 11.2. The molecule has 5 nitrogen and oxygen atoms in total. The number of likely N-dealkylation sites (N-methyl/N-ethyl adjacent to an activating group) is 1. The summed E-state index contributed by atoms with van der Waals surface area (Å²) in [5.74, 6) is 0.316. The van der Waals surface area contributed by atoms with Gasteiger partial charge in [0.2, 0.25) is 5.91 Å². The average Bonchev–Trinajstić information content (AvgIpc) is 2.62. The van der Waals surface area contributed by atoms with Crippen molar-refractivity contribution in [2.75, 3.05) is 70.9 Å². The van der Waals surface area contributed by atoms with E-state index in [1.54, 1.807) is 0 Å². The molecule has 5 heteroatoms. The Morgan fingerprint density at radius 3 is 2.22 bits per heavy atom. The Hall–Kier alpha value is -1.59. The van der Waals surface area contributed by atoms with Crippen LogP contribution in [0.1, 0.15) is 6.42 Å². The van der Waals surface area contributed by atoms with Gasteiger partial charge in [-0.2, -0.15) is 0 Å². The summed E-state index contributed by atoms with van der Waals surface area (Å²) in [6.45, 7) is 8.87. The minimum Gasteiger partial charge on any atom is -0.368 e. The molecule has 1 aromatic carbocycles. The summed E-state index contributed by atoms with van der Waals surface area (Å²) < 4.78 is 0. The molecule has 3 rings (SSSR count). The number of hydrogen-bond donors (Lipinski definition) is 0. The van der Waals surface area contributed by atoms with Gasteiger partial charge >= 0.3 is 0 Å². The number of piperazine rings is 2. The SMILES string of the molecule is CN1CCN(CCC(=O)N2CCN(c3ccccc3)CC2)CC1. The minimum absolute atomic E-state index is 0.316. The second-order valence-corrected chi connectivity index (χ2v) is 6.60. The molecule has 2 heterocycles. The quantitative estimate of drug-likeness (QED) is 0.828. The zero-order valence-electron chi connectivity index (χ0n) is 14.2. The van der Waals surface area contributed by atoms with Gasteiger partial charge in [-0.1, -0.05) is 18.2 Å². The van der Waals surface area contributed by atoms with Crippen molar-refractivity contribution in [3.05, 3.63) is 30.3 Å². The molecule has 0 saturated carbocycles. The first-order valence-electron chi connectivity index (χ1n) is 8.71. The van der Waals surface area contributed by atoms with E-state index in [-0.39, 0.29) is 0 Å². The minimum atomic E-state index is 0.316. The van der Waals surface area contributed by atoms with Crippen molar-refractivity contribution in [2.45, 2.75) is 6.42 Å². The van der Waals surface area contributed by atoms with Crippen LogP contribution in [0.4, 0.5) is 5.69 Å². The summed E-state index contributed by atoms with van der Waals surface area (Å²) in [5.41, 5.74) is 1.26. The van der Waals surface area contributed by atoms with Crippen molar-refractivity contribution in [2.24, 2.45) is 0 Å².